The minimum absolute atomic E-state index is 0.0227. The van der Waals surface area contributed by atoms with Gasteiger partial charge in [0.25, 0.3) is 0 Å². The molecule has 0 aromatic carbocycles. The van der Waals surface area contributed by atoms with Crippen molar-refractivity contribution in [2.75, 3.05) is 13.1 Å². The molecule has 1 atom stereocenters. The summed E-state index contributed by atoms with van der Waals surface area (Å²) in [4.78, 5) is 11.9. The molecule has 1 rings (SSSR count). The van der Waals surface area contributed by atoms with Gasteiger partial charge in [0.05, 0.1) is 6.10 Å². The molecule has 1 saturated heterocycles. The lowest BCUT2D eigenvalue weighted by Crippen LogP contribution is -2.32. The number of aliphatic hydroxyl groups is 1. The Morgan fingerprint density at radius 3 is 2.54 bits per heavy atom. The lowest BCUT2D eigenvalue weighted by Gasteiger charge is -2.16. The summed E-state index contributed by atoms with van der Waals surface area (Å²) < 4.78 is 35.2. The van der Waals surface area contributed by atoms with Crippen LogP contribution < -0.4 is 0 Å². The number of halogens is 3. The van der Waals surface area contributed by atoms with Gasteiger partial charge < -0.3 is 10.0 Å². The molecule has 0 saturated carbocycles. The molecule has 1 fully saturated rings. The molecule has 0 bridgehead atoms. The maximum Gasteiger partial charge on any atom is 0.397 e. The number of carbonyl (C=O) groups excluding carboxylic acids is 1. The van der Waals surface area contributed by atoms with E-state index in [0.29, 0.717) is 6.42 Å². The number of alkyl halides is 3. The number of aliphatic hydroxyl groups excluding tert-OH is 1. The fraction of sp³-hybridized carbons (Fsp3) is 0.857. The molecule has 1 amide bonds. The number of hydrogen-bond acceptors (Lipinski definition) is 2. The lowest BCUT2D eigenvalue weighted by molar-refractivity contribution is -0.160. The number of hydrogen-bond donors (Lipinski definition) is 1. The largest absolute Gasteiger partial charge is 0.397 e. The molecule has 6 heteroatoms. The summed E-state index contributed by atoms with van der Waals surface area (Å²) in [5.41, 5.74) is 0. The molecule has 76 valence electrons. The topological polar surface area (TPSA) is 40.5 Å². The first-order valence-corrected chi connectivity index (χ1v) is 3.91. The van der Waals surface area contributed by atoms with Crippen molar-refractivity contribution in [3.8, 4) is 0 Å². The third-order valence-electron chi connectivity index (χ3n) is 1.87. The Balaban J connectivity index is 2.41. The van der Waals surface area contributed by atoms with E-state index in [2.05, 4.69) is 0 Å². The summed E-state index contributed by atoms with van der Waals surface area (Å²) in [5.74, 6) is -0.955. The summed E-state index contributed by atoms with van der Waals surface area (Å²) >= 11 is 0. The standard InChI is InChI=1S/C7H10F3NO2/c8-7(9,10)3-6(13)11-2-1-5(12)4-11/h5,12H,1-4H2. The summed E-state index contributed by atoms with van der Waals surface area (Å²) in [6.07, 6.45) is -6.19. The Bertz CT molecular complexity index is 204. The molecule has 1 N–H and O–H groups in total. The summed E-state index contributed by atoms with van der Waals surface area (Å²) in [5, 5.41) is 8.97. The van der Waals surface area contributed by atoms with E-state index in [4.69, 9.17) is 5.11 Å². The molecule has 1 aliphatic rings. The maximum atomic E-state index is 11.7. The SMILES string of the molecule is O=C(CC(F)(F)F)N1CCC(O)C1. The zero-order valence-corrected chi connectivity index (χ0v) is 6.84. The van der Waals surface area contributed by atoms with Crippen molar-refractivity contribution in [1.82, 2.24) is 4.90 Å². The molecule has 0 spiro atoms. The van der Waals surface area contributed by atoms with Crippen LogP contribution in [0.2, 0.25) is 0 Å². The normalized spacial score (nSPS) is 23.7. The van der Waals surface area contributed by atoms with Crippen LogP contribution in [0.1, 0.15) is 12.8 Å². The van der Waals surface area contributed by atoms with E-state index in [1.54, 1.807) is 0 Å². The summed E-state index contributed by atoms with van der Waals surface area (Å²) in [6, 6.07) is 0. The second-order valence-corrected chi connectivity index (χ2v) is 3.07. The van der Waals surface area contributed by atoms with Crippen LogP contribution >= 0.6 is 0 Å². The quantitative estimate of drug-likeness (QED) is 0.666. The van der Waals surface area contributed by atoms with Gasteiger partial charge in [-0.25, -0.2) is 0 Å². The van der Waals surface area contributed by atoms with Crippen LogP contribution in [0.4, 0.5) is 13.2 Å². The Labute approximate surface area is 73.1 Å². The molecule has 0 aromatic heterocycles. The van der Waals surface area contributed by atoms with Crippen LogP contribution in [0.3, 0.4) is 0 Å². The number of likely N-dealkylation sites (tertiary alicyclic amines) is 1. The average Bonchev–Trinajstić information content (AvgIpc) is 2.31. The van der Waals surface area contributed by atoms with E-state index in [1.807, 2.05) is 0 Å². The number of nitrogens with zero attached hydrogens (tertiary/aromatic N) is 1. The third kappa shape index (κ3) is 3.22. The van der Waals surface area contributed by atoms with Gasteiger partial charge in [-0.1, -0.05) is 0 Å². The molecule has 1 unspecified atom stereocenters. The zero-order valence-electron chi connectivity index (χ0n) is 6.84. The summed E-state index contributed by atoms with van der Waals surface area (Å²) in [7, 11) is 0. The third-order valence-corrected chi connectivity index (χ3v) is 1.87. The fourth-order valence-electron chi connectivity index (χ4n) is 1.25. The maximum absolute atomic E-state index is 11.7. The van der Waals surface area contributed by atoms with Gasteiger partial charge in [-0.2, -0.15) is 13.2 Å². The van der Waals surface area contributed by atoms with Gasteiger partial charge in [-0.3, -0.25) is 4.79 Å². The van der Waals surface area contributed by atoms with Crippen LogP contribution in [0.5, 0.6) is 0 Å². The molecule has 0 radical (unpaired) electrons. The lowest BCUT2D eigenvalue weighted by atomic mass is 10.3. The molecule has 0 aliphatic carbocycles. The van der Waals surface area contributed by atoms with Crippen molar-refractivity contribution in [1.29, 1.82) is 0 Å². The van der Waals surface area contributed by atoms with E-state index in [9.17, 15) is 18.0 Å². The highest BCUT2D eigenvalue weighted by Gasteiger charge is 2.35. The highest BCUT2D eigenvalue weighted by molar-refractivity contribution is 5.77. The second kappa shape index (κ2) is 3.53. The number of rotatable bonds is 1. The van der Waals surface area contributed by atoms with Crippen molar-refractivity contribution in [3.05, 3.63) is 0 Å². The smallest absolute Gasteiger partial charge is 0.391 e. The Morgan fingerprint density at radius 2 is 2.15 bits per heavy atom. The second-order valence-electron chi connectivity index (χ2n) is 3.07. The van der Waals surface area contributed by atoms with Crippen LogP contribution in [0, 0.1) is 0 Å². The Morgan fingerprint density at radius 1 is 1.54 bits per heavy atom. The fourth-order valence-corrected chi connectivity index (χ4v) is 1.25. The van der Waals surface area contributed by atoms with E-state index < -0.39 is 24.6 Å². The Kier molecular flexibility index (Phi) is 2.80. The molecule has 0 aromatic rings. The predicted octanol–water partition coefficient (Wildman–Crippen LogP) is 0.532. The van der Waals surface area contributed by atoms with E-state index in [1.165, 1.54) is 0 Å². The van der Waals surface area contributed by atoms with Gasteiger partial charge in [-0.05, 0) is 6.42 Å². The average molecular weight is 197 g/mol. The van der Waals surface area contributed by atoms with Gasteiger partial charge >= 0.3 is 6.18 Å². The van der Waals surface area contributed by atoms with E-state index in [0.717, 1.165) is 4.90 Å². The summed E-state index contributed by atoms with van der Waals surface area (Å²) in [6.45, 7) is 0.241. The minimum atomic E-state index is -4.45. The molecule has 1 heterocycles. The van der Waals surface area contributed by atoms with Crippen molar-refractivity contribution in [2.45, 2.75) is 25.1 Å². The van der Waals surface area contributed by atoms with Gasteiger partial charge in [-0.15, -0.1) is 0 Å². The van der Waals surface area contributed by atoms with Gasteiger partial charge in [0.1, 0.15) is 6.42 Å². The molecule has 13 heavy (non-hydrogen) atoms. The van der Waals surface area contributed by atoms with E-state index in [-0.39, 0.29) is 13.1 Å². The molecule has 1 aliphatic heterocycles. The van der Waals surface area contributed by atoms with Crippen LogP contribution in [0.15, 0.2) is 0 Å². The zero-order chi connectivity index (χ0) is 10.1. The first-order valence-electron chi connectivity index (χ1n) is 3.91. The molecule has 3 nitrogen and oxygen atoms in total. The van der Waals surface area contributed by atoms with E-state index >= 15 is 0 Å². The van der Waals surface area contributed by atoms with Crippen molar-refractivity contribution >= 4 is 5.91 Å². The first-order chi connectivity index (χ1) is 5.88. The minimum Gasteiger partial charge on any atom is -0.391 e. The highest BCUT2D eigenvalue weighted by atomic mass is 19.4. The van der Waals surface area contributed by atoms with Gasteiger partial charge in [0.2, 0.25) is 5.91 Å². The number of β-amino-alcohol motifs (C(OH)–C–C–N with tert-alkyl or cyclic N) is 1. The molecular weight excluding hydrogens is 187 g/mol. The highest BCUT2D eigenvalue weighted by Crippen LogP contribution is 2.22. The first kappa shape index (κ1) is 10.3. The number of amides is 1. The van der Waals surface area contributed by atoms with Crippen molar-refractivity contribution in [3.63, 3.8) is 0 Å². The van der Waals surface area contributed by atoms with Gasteiger partial charge in [0, 0.05) is 13.1 Å². The monoisotopic (exact) mass is 197 g/mol. The van der Waals surface area contributed by atoms with Crippen LogP contribution in [0.25, 0.3) is 0 Å². The van der Waals surface area contributed by atoms with Crippen LogP contribution in [-0.2, 0) is 4.79 Å². The number of carbonyl (C=O) groups is 1. The Hall–Kier alpha value is -0.780. The van der Waals surface area contributed by atoms with Crippen LogP contribution in [-0.4, -0.2) is 41.3 Å². The van der Waals surface area contributed by atoms with Crippen molar-refractivity contribution in [2.24, 2.45) is 0 Å². The molecular formula is C7H10F3NO2. The van der Waals surface area contributed by atoms with Crippen molar-refractivity contribution < 1.29 is 23.1 Å². The van der Waals surface area contributed by atoms with Gasteiger partial charge in [0.15, 0.2) is 0 Å². The predicted molar refractivity (Wildman–Crippen MR) is 37.9 cm³/mol.